The van der Waals surface area contributed by atoms with Crippen LogP contribution >= 0.6 is 0 Å². The number of nitro groups is 1. The highest BCUT2D eigenvalue weighted by Crippen LogP contribution is 2.32. The van der Waals surface area contributed by atoms with Crippen LogP contribution in [0.25, 0.3) is 0 Å². The molecular weight excluding hydrogens is 844 g/mol. The first kappa shape index (κ1) is 51.7. The van der Waals surface area contributed by atoms with Crippen LogP contribution in [-0.2, 0) is 57.0 Å². The molecule has 64 heavy (non-hydrogen) atoms. The lowest BCUT2D eigenvalue weighted by Crippen LogP contribution is -2.54. The van der Waals surface area contributed by atoms with Crippen molar-refractivity contribution in [3.63, 3.8) is 0 Å². The van der Waals surface area contributed by atoms with Crippen molar-refractivity contribution in [1.29, 1.82) is 0 Å². The summed E-state index contributed by atoms with van der Waals surface area (Å²) in [5, 5.41) is 15.6. The van der Waals surface area contributed by atoms with Crippen LogP contribution in [0.4, 0.5) is 11.4 Å². The zero-order valence-electron chi connectivity index (χ0n) is 36.1. The van der Waals surface area contributed by atoms with E-state index in [2.05, 4.69) is 10.6 Å². The molecule has 5 amide bonds. The third-order valence-electron chi connectivity index (χ3n) is 9.45. The second-order valence-corrected chi connectivity index (χ2v) is 14.1. The quantitative estimate of drug-likeness (QED) is 0.0428. The molecule has 2 heterocycles. The van der Waals surface area contributed by atoms with Gasteiger partial charge >= 0.3 is 0 Å². The van der Waals surface area contributed by atoms with Crippen molar-refractivity contribution >= 4 is 40.9 Å². The average molecular weight is 905 g/mol. The molecule has 354 valence electrons. The highest BCUT2D eigenvalue weighted by atomic mass is 16.6. The molecule has 2 N–H and O–H groups in total. The first-order valence-electron chi connectivity index (χ1n) is 21.5. The van der Waals surface area contributed by atoms with E-state index in [-0.39, 0.29) is 47.7 Å². The summed E-state index contributed by atoms with van der Waals surface area (Å²) in [6.07, 6.45) is 2.40. The number of nitrogens with one attached hydrogen (secondary N) is 2. The van der Waals surface area contributed by atoms with Crippen LogP contribution in [0.3, 0.4) is 0 Å². The molecule has 0 aliphatic carbocycles. The van der Waals surface area contributed by atoms with Gasteiger partial charge in [-0.2, -0.15) is 0 Å². The Kier molecular flexibility index (Phi) is 25.0. The molecule has 1 atom stereocenters. The SMILES string of the molecule is O=C1CCC(N2C(=O)c3cccc(NC(=O)CCCCCOCCOCCOCCOCCOCCOCCOCCOCCOCCOc4ccc([N+](=O)[O-])cc4)c3C2=O)C(=O)N1. The fourth-order valence-electron chi connectivity index (χ4n) is 6.24. The van der Waals surface area contributed by atoms with Gasteiger partial charge < -0.3 is 52.7 Å². The van der Waals surface area contributed by atoms with E-state index in [1.807, 2.05) is 0 Å². The van der Waals surface area contributed by atoms with Gasteiger partial charge in [0.1, 0.15) is 18.4 Å². The van der Waals surface area contributed by atoms with E-state index < -0.39 is 34.6 Å². The molecule has 2 aromatic carbocycles. The fourth-order valence-corrected chi connectivity index (χ4v) is 6.24. The predicted octanol–water partition coefficient (Wildman–Crippen LogP) is 2.72. The highest BCUT2D eigenvalue weighted by Gasteiger charge is 2.45. The molecule has 0 radical (unpaired) electrons. The van der Waals surface area contributed by atoms with E-state index in [0.717, 1.165) is 17.7 Å². The van der Waals surface area contributed by atoms with Gasteiger partial charge in [-0.1, -0.05) is 12.5 Å². The lowest BCUT2D eigenvalue weighted by molar-refractivity contribution is -0.384. The summed E-state index contributed by atoms with van der Waals surface area (Å²) in [7, 11) is 0. The van der Waals surface area contributed by atoms with Gasteiger partial charge in [0.15, 0.2) is 0 Å². The smallest absolute Gasteiger partial charge is 0.269 e. The summed E-state index contributed by atoms with van der Waals surface area (Å²) >= 11 is 0. The van der Waals surface area contributed by atoms with Gasteiger partial charge in [-0.05, 0) is 43.5 Å². The fraction of sp³-hybridized carbons (Fsp3) is 0.605. The van der Waals surface area contributed by atoms with Crippen molar-refractivity contribution in [2.24, 2.45) is 0 Å². The predicted molar refractivity (Wildman–Crippen MR) is 226 cm³/mol. The lowest BCUT2D eigenvalue weighted by atomic mass is 10.0. The number of nitrogens with zero attached hydrogens (tertiary/aromatic N) is 2. The molecule has 0 bridgehead atoms. The molecule has 2 aromatic rings. The maximum Gasteiger partial charge on any atom is 0.269 e. The maximum absolute atomic E-state index is 13.2. The molecule has 2 aliphatic heterocycles. The lowest BCUT2D eigenvalue weighted by Gasteiger charge is -2.27. The van der Waals surface area contributed by atoms with E-state index in [0.29, 0.717) is 138 Å². The topological polar surface area (TPSA) is 248 Å². The van der Waals surface area contributed by atoms with E-state index in [1.165, 1.54) is 18.2 Å². The first-order valence-corrected chi connectivity index (χ1v) is 21.5. The van der Waals surface area contributed by atoms with Crippen molar-refractivity contribution in [3.8, 4) is 5.75 Å². The Morgan fingerprint density at radius 3 is 1.59 bits per heavy atom. The van der Waals surface area contributed by atoms with Gasteiger partial charge in [0.05, 0.1) is 134 Å². The highest BCUT2D eigenvalue weighted by molar-refractivity contribution is 6.26. The van der Waals surface area contributed by atoms with Crippen LogP contribution in [-0.4, -0.2) is 171 Å². The number of unbranched alkanes of at least 4 members (excludes halogenated alkanes) is 2. The minimum atomic E-state index is -1.08. The normalized spacial score (nSPS) is 14.8. The van der Waals surface area contributed by atoms with Crippen LogP contribution in [0.5, 0.6) is 5.75 Å². The number of piperidine rings is 1. The Balaban J connectivity index is 0.821. The van der Waals surface area contributed by atoms with Gasteiger partial charge in [-0.15, -0.1) is 0 Å². The number of ether oxygens (including phenoxy) is 10. The van der Waals surface area contributed by atoms with Gasteiger partial charge in [0.2, 0.25) is 17.7 Å². The summed E-state index contributed by atoms with van der Waals surface area (Å²) in [5.74, 6) is -2.20. The van der Waals surface area contributed by atoms with Crippen molar-refractivity contribution in [2.75, 3.05) is 131 Å². The molecule has 21 nitrogen and oxygen atoms in total. The zero-order valence-corrected chi connectivity index (χ0v) is 36.1. The summed E-state index contributed by atoms with van der Waals surface area (Å²) in [5.41, 5.74) is 0.377. The minimum absolute atomic E-state index is 0.0135. The number of carbonyl (C=O) groups is 5. The Hall–Kier alpha value is -4.97. The summed E-state index contributed by atoms with van der Waals surface area (Å²) in [6, 6.07) is 9.38. The first-order chi connectivity index (χ1) is 31.3. The van der Waals surface area contributed by atoms with Crippen molar-refractivity contribution < 1.29 is 76.3 Å². The summed E-state index contributed by atoms with van der Waals surface area (Å²) < 4.78 is 54.9. The van der Waals surface area contributed by atoms with E-state index in [9.17, 15) is 34.1 Å². The molecule has 2 aliphatic rings. The standard InChI is InChI=1S/C43H60N4O17/c48-38(44-36-6-4-5-35-40(36)43(52)46(42(35)51)37-12-13-39(49)45-41(37)50)7-2-1-3-14-55-15-16-56-17-18-57-19-20-58-21-22-59-23-24-60-25-26-61-27-28-62-29-30-63-31-32-64-34-10-8-33(9-11-34)47(53)54/h4-6,8-11,37H,1-3,7,12-32H2,(H,44,48)(H,45,49,50). The van der Waals surface area contributed by atoms with Crippen LogP contribution in [0.2, 0.25) is 0 Å². The van der Waals surface area contributed by atoms with Crippen LogP contribution < -0.4 is 15.4 Å². The zero-order chi connectivity index (χ0) is 45.6. The molecule has 1 saturated heterocycles. The number of rotatable bonds is 37. The Labute approximate surface area is 371 Å². The number of amides is 5. The number of hydrogen-bond acceptors (Lipinski definition) is 17. The van der Waals surface area contributed by atoms with Gasteiger partial charge in [0, 0.05) is 31.6 Å². The molecule has 0 saturated carbocycles. The monoisotopic (exact) mass is 904 g/mol. The largest absolute Gasteiger partial charge is 0.491 e. The number of benzene rings is 2. The Morgan fingerprint density at radius 1 is 0.625 bits per heavy atom. The molecule has 1 fully saturated rings. The number of nitro benzene ring substituents is 1. The number of anilines is 1. The number of non-ortho nitro benzene ring substituents is 1. The van der Waals surface area contributed by atoms with Crippen LogP contribution in [0.15, 0.2) is 42.5 Å². The molecule has 4 rings (SSSR count). The number of imide groups is 2. The van der Waals surface area contributed by atoms with Crippen molar-refractivity contribution in [2.45, 2.75) is 44.6 Å². The molecule has 1 unspecified atom stereocenters. The molecule has 21 heteroatoms. The second kappa shape index (κ2) is 31.0. The summed E-state index contributed by atoms with van der Waals surface area (Å²) in [6.45, 7) is 8.28. The van der Waals surface area contributed by atoms with E-state index >= 15 is 0 Å². The minimum Gasteiger partial charge on any atom is -0.491 e. The van der Waals surface area contributed by atoms with Crippen LogP contribution in [0, 0.1) is 10.1 Å². The number of fused-ring (bicyclic) bond motifs is 1. The van der Waals surface area contributed by atoms with E-state index in [4.69, 9.17) is 47.4 Å². The molecular formula is C43H60N4O17. The third-order valence-corrected chi connectivity index (χ3v) is 9.45. The van der Waals surface area contributed by atoms with Gasteiger partial charge in [0.25, 0.3) is 17.5 Å². The van der Waals surface area contributed by atoms with E-state index in [1.54, 1.807) is 24.3 Å². The third kappa shape index (κ3) is 19.4. The summed E-state index contributed by atoms with van der Waals surface area (Å²) in [4.78, 5) is 73.8. The van der Waals surface area contributed by atoms with Gasteiger partial charge in [-0.3, -0.25) is 44.3 Å². The van der Waals surface area contributed by atoms with Gasteiger partial charge in [-0.25, -0.2) is 0 Å². The number of carbonyl (C=O) groups excluding carboxylic acids is 5. The van der Waals surface area contributed by atoms with Crippen LogP contribution in [0.1, 0.15) is 59.2 Å². The Bertz CT molecular complexity index is 1750. The second-order valence-electron chi connectivity index (χ2n) is 14.1. The average Bonchev–Trinajstić information content (AvgIpc) is 3.54. The van der Waals surface area contributed by atoms with Crippen molar-refractivity contribution in [3.05, 3.63) is 63.7 Å². The number of hydrogen-bond donors (Lipinski definition) is 2. The Morgan fingerprint density at radius 2 is 1.11 bits per heavy atom. The van der Waals surface area contributed by atoms with Crippen molar-refractivity contribution in [1.82, 2.24) is 10.2 Å². The molecule has 0 aromatic heterocycles. The maximum atomic E-state index is 13.2. The molecule has 0 spiro atoms.